The van der Waals surface area contributed by atoms with Crippen molar-refractivity contribution in [1.82, 2.24) is 4.90 Å². The van der Waals surface area contributed by atoms with Gasteiger partial charge in [0.2, 0.25) is 5.91 Å². The number of carbonyl (C=O) groups excluding carboxylic acids is 1. The Balaban J connectivity index is 1.55. The third kappa shape index (κ3) is 3.47. The zero-order chi connectivity index (χ0) is 15.5. The van der Waals surface area contributed by atoms with E-state index in [1.807, 2.05) is 0 Å². The topological polar surface area (TPSA) is 57.6 Å². The number of hydrogen-bond acceptors (Lipinski definition) is 2. The van der Waals surface area contributed by atoms with Crippen LogP contribution in [0.15, 0.2) is 0 Å². The number of aliphatic carboxylic acids is 1. The molecule has 1 unspecified atom stereocenters. The molecule has 2 aliphatic carbocycles. The average Bonchev–Trinajstić information content (AvgIpc) is 3.17. The summed E-state index contributed by atoms with van der Waals surface area (Å²) in [5.41, 5.74) is 0. The fourth-order valence-corrected chi connectivity index (χ4v) is 4.84. The standard InChI is InChI=1S/C18H29NO3/c20-17(14-8-9-15(12-14)18(21)22)19-10-4-7-16(19)11-13-5-2-1-3-6-13/h13-16H,1-12H2,(H,21,22)/t14-,15+,16?/m0/s1. The van der Waals surface area contributed by atoms with Crippen LogP contribution in [0.2, 0.25) is 0 Å². The summed E-state index contributed by atoms with van der Waals surface area (Å²) in [5, 5.41) is 9.12. The van der Waals surface area contributed by atoms with E-state index >= 15 is 0 Å². The summed E-state index contributed by atoms with van der Waals surface area (Å²) >= 11 is 0. The number of carboxylic acids is 1. The number of hydrogen-bond donors (Lipinski definition) is 1. The van der Waals surface area contributed by atoms with E-state index in [2.05, 4.69) is 4.90 Å². The van der Waals surface area contributed by atoms with Crippen LogP contribution in [0.5, 0.6) is 0 Å². The van der Waals surface area contributed by atoms with Gasteiger partial charge in [-0.25, -0.2) is 0 Å². The number of carboxylic acid groups (broad SMARTS) is 1. The first-order chi connectivity index (χ1) is 10.6. The SMILES string of the molecule is O=C(O)[C@@H]1CC[C@H](C(=O)N2CCCC2CC2CCCCC2)C1. The molecule has 3 rings (SSSR count). The number of carbonyl (C=O) groups is 2. The highest BCUT2D eigenvalue weighted by Gasteiger charge is 2.39. The maximum absolute atomic E-state index is 12.8. The molecule has 22 heavy (non-hydrogen) atoms. The molecule has 1 saturated heterocycles. The van der Waals surface area contributed by atoms with E-state index in [0.717, 1.165) is 31.7 Å². The minimum absolute atomic E-state index is 0.0342. The van der Waals surface area contributed by atoms with Crippen molar-refractivity contribution in [2.24, 2.45) is 17.8 Å². The summed E-state index contributed by atoms with van der Waals surface area (Å²) in [5.74, 6) is 0.00133. The molecule has 3 aliphatic rings. The van der Waals surface area contributed by atoms with Crippen LogP contribution in [0.4, 0.5) is 0 Å². The smallest absolute Gasteiger partial charge is 0.306 e. The van der Waals surface area contributed by atoms with E-state index in [1.54, 1.807) is 0 Å². The molecule has 1 amide bonds. The maximum Gasteiger partial charge on any atom is 0.306 e. The molecule has 0 aromatic carbocycles. The van der Waals surface area contributed by atoms with Crippen molar-refractivity contribution in [1.29, 1.82) is 0 Å². The van der Waals surface area contributed by atoms with Gasteiger partial charge in [0.1, 0.15) is 0 Å². The van der Waals surface area contributed by atoms with E-state index < -0.39 is 5.97 Å². The normalized spacial score (nSPS) is 33.3. The van der Waals surface area contributed by atoms with Crippen molar-refractivity contribution in [3.05, 3.63) is 0 Å². The molecule has 124 valence electrons. The van der Waals surface area contributed by atoms with Crippen molar-refractivity contribution in [2.75, 3.05) is 6.54 Å². The van der Waals surface area contributed by atoms with Crippen molar-refractivity contribution >= 4 is 11.9 Å². The maximum atomic E-state index is 12.8. The summed E-state index contributed by atoms with van der Waals surface area (Å²) in [6.45, 7) is 0.893. The second-order valence-corrected chi connectivity index (χ2v) is 7.61. The van der Waals surface area contributed by atoms with Crippen LogP contribution in [0.25, 0.3) is 0 Å². The molecule has 0 aromatic heterocycles. The highest BCUT2D eigenvalue weighted by Crippen LogP contribution is 2.36. The van der Waals surface area contributed by atoms with Crippen molar-refractivity contribution < 1.29 is 14.7 Å². The number of amides is 1. The molecular formula is C18H29NO3. The van der Waals surface area contributed by atoms with E-state index in [4.69, 9.17) is 5.11 Å². The highest BCUT2D eigenvalue weighted by atomic mass is 16.4. The number of likely N-dealkylation sites (tertiary alicyclic amines) is 1. The molecule has 3 atom stereocenters. The largest absolute Gasteiger partial charge is 0.481 e. The highest BCUT2D eigenvalue weighted by molar-refractivity contribution is 5.81. The van der Waals surface area contributed by atoms with Gasteiger partial charge in [0.15, 0.2) is 0 Å². The molecule has 1 heterocycles. The van der Waals surface area contributed by atoms with Crippen LogP contribution in [-0.4, -0.2) is 34.5 Å². The molecule has 0 aromatic rings. The first-order valence-corrected chi connectivity index (χ1v) is 9.18. The number of nitrogens with zero attached hydrogens (tertiary/aromatic N) is 1. The van der Waals surface area contributed by atoms with Gasteiger partial charge in [0.25, 0.3) is 0 Å². The third-order valence-corrected chi connectivity index (χ3v) is 6.12. The van der Waals surface area contributed by atoms with Crippen LogP contribution in [0.1, 0.15) is 70.6 Å². The Morgan fingerprint density at radius 3 is 2.32 bits per heavy atom. The first kappa shape index (κ1) is 15.8. The zero-order valence-corrected chi connectivity index (χ0v) is 13.5. The lowest BCUT2D eigenvalue weighted by Crippen LogP contribution is -2.40. The summed E-state index contributed by atoms with van der Waals surface area (Å²) < 4.78 is 0. The fourth-order valence-electron chi connectivity index (χ4n) is 4.84. The Kier molecular flexibility index (Phi) is 5.04. The van der Waals surface area contributed by atoms with Gasteiger partial charge in [-0.05, 0) is 44.4 Å². The molecule has 0 spiro atoms. The van der Waals surface area contributed by atoms with Crippen molar-refractivity contribution in [3.8, 4) is 0 Å². The molecule has 2 saturated carbocycles. The van der Waals surface area contributed by atoms with Gasteiger partial charge in [-0.15, -0.1) is 0 Å². The quantitative estimate of drug-likeness (QED) is 0.865. The van der Waals surface area contributed by atoms with Gasteiger partial charge in [-0.2, -0.15) is 0 Å². The molecule has 4 heteroatoms. The van der Waals surface area contributed by atoms with Gasteiger partial charge >= 0.3 is 5.97 Å². The predicted molar refractivity (Wildman–Crippen MR) is 84.4 cm³/mol. The summed E-state index contributed by atoms with van der Waals surface area (Å²) in [4.78, 5) is 26.0. The van der Waals surface area contributed by atoms with Crippen LogP contribution in [-0.2, 0) is 9.59 Å². The van der Waals surface area contributed by atoms with E-state index in [1.165, 1.54) is 38.5 Å². The van der Waals surface area contributed by atoms with Gasteiger partial charge in [0, 0.05) is 18.5 Å². The lowest BCUT2D eigenvalue weighted by Gasteiger charge is -2.31. The second kappa shape index (κ2) is 7.01. The monoisotopic (exact) mass is 307 g/mol. The molecule has 1 aliphatic heterocycles. The first-order valence-electron chi connectivity index (χ1n) is 9.18. The van der Waals surface area contributed by atoms with E-state index in [9.17, 15) is 9.59 Å². The predicted octanol–water partition coefficient (Wildman–Crippen LogP) is 3.45. The third-order valence-electron chi connectivity index (χ3n) is 6.12. The molecule has 4 nitrogen and oxygen atoms in total. The van der Waals surface area contributed by atoms with Crippen molar-refractivity contribution in [2.45, 2.75) is 76.7 Å². The minimum Gasteiger partial charge on any atom is -0.481 e. The Bertz CT molecular complexity index is 417. The Hall–Kier alpha value is -1.06. The fraction of sp³-hybridized carbons (Fsp3) is 0.889. The van der Waals surface area contributed by atoms with Gasteiger partial charge in [-0.3, -0.25) is 9.59 Å². The second-order valence-electron chi connectivity index (χ2n) is 7.61. The Morgan fingerprint density at radius 1 is 0.909 bits per heavy atom. The molecule has 3 fully saturated rings. The van der Waals surface area contributed by atoms with Gasteiger partial charge in [-0.1, -0.05) is 32.1 Å². The Labute approximate surface area is 133 Å². The van der Waals surface area contributed by atoms with Crippen LogP contribution >= 0.6 is 0 Å². The lowest BCUT2D eigenvalue weighted by atomic mass is 9.84. The summed E-state index contributed by atoms with van der Waals surface area (Å²) in [6.07, 6.45) is 12.2. The molecule has 0 radical (unpaired) electrons. The van der Waals surface area contributed by atoms with Gasteiger partial charge < -0.3 is 10.0 Å². The molecular weight excluding hydrogens is 278 g/mol. The van der Waals surface area contributed by atoms with E-state index in [-0.39, 0.29) is 17.7 Å². The number of rotatable bonds is 4. The van der Waals surface area contributed by atoms with Crippen molar-refractivity contribution in [3.63, 3.8) is 0 Å². The van der Waals surface area contributed by atoms with Crippen LogP contribution in [0, 0.1) is 17.8 Å². The van der Waals surface area contributed by atoms with Gasteiger partial charge in [0.05, 0.1) is 5.92 Å². The zero-order valence-electron chi connectivity index (χ0n) is 13.5. The average molecular weight is 307 g/mol. The molecule has 0 bridgehead atoms. The summed E-state index contributed by atoms with van der Waals surface area (Å²) in [6, 6.07) is 0.430. The van der Waals surface area contributed by atoms with E-state index in [0.29, 0.717) is 18.9 Å². The Morgan fingerprint density at radius 2 is 1.64 bits per heavy atom. The summed E-state index contributed by atoms with van der Waals surface area (Å²) in [7, 11) is 0. The van der Waals surface area contributed by atoms with Crippen LogP contribution in [0.3, 0.4) is 0 Å². The lowest BCUT2D eigenvalue weighted by molar-refractivity contribution is -0.141. The van der Waals surface area contributed by atoms with Crippen LogP contribution < -0.4 is 0 Å². The molecule has 1 N–H and O–H groups in total. The minimum atomic E-state index is -0.726.